The van der Waals surface area contributed by atoms with Crippen molar-refractivity contribution < 1.29 is 0 Å². The van der Waals surface area contributed by atoms with Gasteiger partial charge in [-0.05, 0) is 25.1 Å². The highest BCUT2D eigenvalue weighted by molar-refractivity contribution is 5.77. The molecule has 2 rings (SSSR count). The third-order valence-electron chi connectivity index (χ3n) is 1.62. The first-order valence-electron chi connectivity index (χ1n) is 3.53. The van der Waals surface area contributed by atoms with Gasteiger partial charge in [-0.1, -0.05) is 0 Å². The van der Waals surface area contributed by atoms with E-state index in [1.54, 1.807) is 6.20 Å². The van der Waals surface area contributed by atoms with Crippen molar-refractivity contribution >= 4 is 10.9 Å². The van der Waals surface area contributed by atoms with Crippen molar-refractivity contribution in [1.29, 1.82) is 0 Å². The summed E-state index contributed by atoms with van der Waals surface area (Å²) in [6.45, 7) is 1.97. The van der Waals surface area contributed by atoms with Crippen molar-refractivity contribution in [1.82, 2.24) is 9.97 Å². The monoisotopic (exact) mass is 144 g/mol. The SMILES string of the molecule is Cc1cc2ncccc2cn1. The van der Waals surface area contributed by atoms with E-state index in [4.69, 9.17) is 0 Å². The Labute approximate surface area is 64.9 Å². The Morgan fingerprint density at radius 3 is 3.09 bits per heavy atom. The molecular formula is C9H8N2. The fourth-order valence-corrected chi connectivity index (χ4v) is 1.07. The molecule has 2 aromatic rings. The molecular weight excluding hydrogens is 136 g/mol. The van der Waals surface area contributed by atoms with Gasteiger partial charge in [0, 0.05) is 23.5 Å². The first-order valence-corrected chi connectivity index (χ1v) is 3.53. The minimum Gasteiger partial charge on any atom is -0.261 e. The van der Waals surface area contributed by atoms with E-state index in [9.17, 15) is 0 Å². The fourth-order valence-electron chi connectivity index (χ4n) is 1.07. The van der Waals surface area contributed by atoms with Gasteiger partial charge in [-0.2, -0.15) is 0 Å². The molecule has 0 bridgehead atoms. The lowest BCUT2D eigenvalue weighted by Crippen LogP contribution is -1.82. The van der Waals surface area contributed by atoms with Gasteiger partial charge in [-0.25, -0.2) is 0 Å². The van der Waals surface area contributed by atoms with Crippen LogP contribution in [0.2, 0.25) is 0 Å². The highest BCUT2D eigenvalue weighted by atomic mass is 14.7. The Balaban J connectivity index is 2.83. The first kappa shape index (κ1) is 6.28. The lowest BCUT2D eigenvalue weighted by molar-refractivity contribution is 1.21. The zero-order valence-electron chi connectivity index (χ0n) is 6.28. The number of aryl methyl sites for hydroxylation is 1. The summed E-state index contributed by atoms with van der Waals surface area (Å²) in [6, 6.07) is 5.91. The Kier molecular flexibility index (Phi) is 1.32. The number of hydrogen-bond donors (Lipinski definition) is 0. The van der Waals surface area contributed by atoms with Crippen molar-refractivity contribution in [2.75, 3.05) is 0 Å². The van der Waals surface area contributed by atoms with Gasteiger partial charge in [-0.15, -0.1) is 0 Å². The highest BCUT2D eigenvalue weighted by Crippen LogP contribution is 2.08. The fraction of sp³-hybridized carbons (Fsp3) is 0.111. The summed E-state index contributed by atoms with van der Waals surface area (Å²) in [5, 5.41) is 1.10. The number of hydrogen-bond acceptors (Lipinski definition) is 2. The molecule has 2 aromatic heterocycles. The smallest absolute Gasteiger partial charge is 0.0735 e. The van der Waals surface area contributed by atoms with E-state index in [-0.39, 0.29) is 0 Å². The average molecular weight is 144 g/mol. The second-order valence-corrected chi connectivity index (χ2v) is 2.52. The van der Waals surface area contributed by atoms with Crippen LogP contribution >= 0.6 is 0 Å². The summed E-state index contributed by atoms with van der Waals surface area (Å²) in [5.74, 6) is 0. The predicted molar refractivity (Wildman–Crippen MR) is 44.3 cm³/mol. The van der Waals surface area contributed by atoms with E-state index < -0.39 is 0 Å². The van der Waals surface area contributed by atoms with Gasteiger partial charge >= 0.3 is 0 Å². The van der Waals surface area contributed by atoms with Crippen LogP contribution in [0.1, 0.15) is 5.69 Å². The number of nitrogens with zero attached hydrogens (tertiary/aromatic N) is 2. The molecule has 0 aliphatic carbocycles. The van der Waals surface area contributed by atoms with Gasteiger partial charge in [0.05, 0.1) is 5.52 Å². The minimum absolute atomic E-state index is 1.01. The van der Waals surface area contributed by atoms with Gasteiger partial charge in [-0.3, -0.25) is 9.97 Å². The van der Waals surface area contributed by atoms with E-state index in [0.717, 1.165) is 16.6 Å². The maximum absolute atomic E-state index is 4.20. The lowest BCUT2D eigenvalue weighted by Gasteiger charge is -1.95. The lowest BCUT2D eigenvalue weighted by atomic mass is 10.2. The van der Waals surface area contributed by atoms with Crippen LogP contribution in [0.15, 0.2) is 30.6 Å². The third-order valence-corrected chi connectivity index (χ3v) is 1.62. The Morgan fingerprint density at radius 2 is 2.18 bits per heavy atom. The van der Waals surface area contributed by atoms with Crippen molar-refractivity contribution in [2.45, 2.75) is 6.92 Å². The van der Waals surface area contributed by atoms with E-state index in [0.29, 0.717) is 0 Å². The van der Waals surface area contributed by atoms with Crippen LogP contribution in [0.4, 0.5) is 0 Å². The summed E-state index contributed by atoms with van der Waals surface area (Å²) >= 11 is 0. The zero-order chi connectivity index (χ0) is 7.68. The quantitative estimate of drug-likeness (QED) is 0.564. The van der Waals surface area contributed by atoms with Gasteiger partial charge in [0.15, 0.2) is 0 Å². The molecule has 0 saturated heterocycles. The van der Waals surface area contributed by atoms with Gasteiger partial charge < -0.3 is 0 Å². The summed E-state index contributed by atoms with van der Waals surface area (Å²) in [5.41, 5.74) is 2.02. The molecule has 0 saturated carbocycles. The third kappa shape index (κ3) is 1.07. The van der Waals surface area contributed by atoms with Gasteiger partial charge in [0.25, 0.3) is 0 Å². The van der Waals surface area contributed by atoms with Crippen molar-refractivity contribution in [3.05, 3.63) is 36.3 Å². The van der Waals surface area contributed by atoms with Crippen LogP contribution in [0.25, 0.3) is 10.9 Å². The summed E-state index contributed by atoms with van der Waals surface area (Å²) in [6.07, 6.45) is 3.64. The first-order chi connectivity index (χ1) is 5.36. The second kappa shape index (κ2) is 2.31. The normalized spacial score (nSPS) is 10.3. The summed E-state index contributed by atoms with van der Waals surface area (Å²) in [7, 11) is 0. The number of pyridine rings is 2. The molecule has 2 heterocycles. The van der Waals surface area contributed by atoms with Crippen LogP contribution in [0, 0.1) is 6.92 Å². The maximum Gasteiger partial charge on any atom is 0.0735 e. The Bertz CT molecular complexity index is 382. The molecule has 0 aromatic carbocycles. The zero-order valence-corrected chi connectivity index (χ0v) is 6.28. The maximum atomic E-state index is 4.20. The molecule has 2 nitrogen and oxygen atoms in total. The van der Waals surface area contributed by atoms with Crippen LogP contribution in [-0.4, -0.2) is 9.97 Å². The molecule has 54 valence electrons. The number of rotatable bonds is 0. The topological polar surface area (TPSA) is 25.8 Å². The summed E-state index contributed by atoms with van der Waals surface area (Å²) in [4.78, 5) is 8.37. The molecule has 0 N–H and O–H groups in total. The molecule has 0 atom stereocenters. The van der Waals surface area contributed by atoms with Gasteiger partial charge in [0.1, 0.15) is 0 Å². The van der Waals surface area contributed by atoms with Crippen molar-refractivity contribution in [3.63, 3.8) is 0 Å². The largest absolute Gasteiger partial charge is 0.261 e. The van der Waals surface area contributed by atoms with Crippen LogP contribution < -0.4 is 0 Å². The molecule has 0 spiro atoms. The molecule has 0 amide bonds. The molecule has 11 heavy (non-hydrogen) atoms. The molecule has 0 fully saturated rings. The predicted octanol–water partition coefficient (Wildman–Crippen LogP) is 1.94. The highest BCUT2D eigenvalue weighted by Gasteiger charge is 1.92. The van der Waals surface area contributed by atoms with Crippen LogP contribution in [0.5, 0.6) is 0 Å². The van der Waals surface area contributed by atoms with Crippen LogP contribution in [0.3, 0.4) is 0 Å². The van der Waals surface area contributed by atoms with Crippen LogP contribution in [-0.2, 0) is 0 Å². The molecule has 2 heteroatoms. The van der Waals surface area contributed by atoms with E-state index in [1.807, 2.05) is 31.3 Å². The van der Waals surface area contributed by atoms with E-state index in [2.05, 4.69) is 9.97 Å². The van der Waals surface area contributed by atoms with Crippen molar-refractivity contribution in [3.8, 4) is 0 Å². The average Bonchev–Trinajstić information content (AvgIpc) is 2.04. The Morgan fingerprint density at radius 1 is 1.27 bits per heavy atom. The van der Waals surface area contributed by atoms with Crippen molar-refractivity contribution in [2.24, 2.45) is 0 Å². The van der Waals surface area contributed by atoms with Gasteiger partial charge in [0.2, 0.25) is 0 Å². The van der Waals surface area contributed by atoms with E-state index >= 15 is 0 Å². The standard InChI is InChI=1S/C9H8N2/c1-7-5-9-8(6-11-7)3-2-4-10-9/h2-6H,1H3. The number of aromatic nitrogens is 2. The molecule has 0 aliphatic heterocycles. The Hall–Kier alpha value is -1.44. The summed E-state index contributed by atoms with van der Waals surface area (Å²) < 4.78 is 0. The van der Waals surface area contributed by atoms with E-state index in [1.165, 1.54) is 0 Å². The number of fused-ring (bicyclic) bond motifs is 1. The minimum atomic E-state index is 1.01. The molecule has 0 unspecified atom stereocenters. The second-order valence-electron chi connectivity index (χ2n) is 2.52. The molecule has 0 radical (unpaired) electrons. The molecule has 0 aliphatic rings.